The van der Waals surface area contributed by atoms with E-state index >= 15 is 0 Å². The Morgan fingerprint density at radius 1 is 0.462 bits per heavy atom. The van der Waals surface area contributed by atoms with Gasteiger partial charge in [0.05, 0.1) is 18.8 Å². The first kappa shape index (κ1) is 50.6. The lowest BCUT2D eigenvalue weighted by Crippen LogP contribution is -2.45. The fourth-order valence-corrected chi connectivity index (χ4v) is 7.03. The summed E-state index contributed by atoms with van der Waals surface area (Å²) in [5, 5.41) is 23.1. The van der Waals surface area contributed by atoms with Crippen LogP contribution in [0.1, 0.15) is 245 Å². The topological polar surface area (TPSA) is 69.6 Å². The van der Waals surface area contributed by atoms with Gasteiger partial charge in [-0.05, 0) is 51.4 Å². The summed E-state index contributed by atoms with van der Waals surface area (Å²) in [6.45, 7) is 4.30. The molecule has 0 saturated heterocycles. The summed E-state index contributed by atoms with van der Waals surface area (Å²) < 4.78 is 0. The molecule has 0 aliphatic rings. The van der Waals surface area contributed by atoms with Crippen LogP contribution in [0.2, 0.25) is 0 Å². The lowest BCUT2D eigenvalue weighted by Gasteiger charge is -2.20. The molecule has 306 valence electrons. The molecule has 4 heteroatoms. The minimum Gasteiger partial charge on any atom is -0.394 e. The highest BCUT2D eigenvalue weighted by molar-refractivity contribution is 5.76. The molecule has 0 aliphatic carbocycles. The Balaban J connectivity index is 3.55. The third-order valence-corrected chi connectivity index (χ3v) is 10.6. The number of hydrogen-bond acceptors (Lipinski definition) is 3. The van der Waals surface area contributed by atoms with Gasteiger partial charge in [-0.1, -0.05) is 224 Å². The van der Waals surface area contributed by atoms with Gasteiger partial charge in [0, 0.05) is 6.42 Å². The maximum atomic E-state index is 12.4. The second-order valence-electron chi connectivity index (χ2n) is 15.8. The highest BCUT2D eigenvalue weighted by atomic mass is 16.3. The van der Waals surface area contributed by atoms with Crippen molar-refractivity contribution in [1.29, 1.82) is 0 Å². The van der Waals surface area contributed by atoms with Crippen LogP contribution in [-0.2, 0) is 4.79 Å². The van der Waals surface area contributed by atoms with Gasteiger partial charge in [0.2, 0.25) is 5.91 Å². The van der Waals surface area contributed by atoms with Crippen molar-refractivity contribution in [2.75, 3.05) is 6.61 Å². The molecular formula is C48H91NO3. The SMILES string of the molecule is CCCCC/C=C\C/C=C\CCCCCCCCCCCC(=O)NC(CO)C(O)/C=C/CCCCCCCCCCCCCCCCCCCCC. The quantitative estimate of drug-likeness (QED) is 0.0433. The Morgan fingerprint density at radius 3 is 1.19 bits per heavy atom. The number of hydrogen-bond donors (Lipinski definition) is 3. The number of allylic oxidation sites excluding steroid dienone is 5. The number of rotatable bonds is 42. The van der Waals surface area contributed by atoms with Crippen molar-refractivity contribution >= 4 is 5.91 Å². The molecule has 0 aliphatic heterocycles. The second kappa shape index (κ2) is 44.0. The van der Waals surface area contributed by atoms with Crippen LogP contribution >= 0.6 is 0 Å². The predicted octanol–water partition coefficient (Wildman–Crippen LogP) is 14.6. The van der Waals surface area contributed by atoms with Crippen LogP contribution in [0.4, 0.5) is 0 Å². The van der Waals surface area contributed by atoms with Crippen molar-refractivity contribution in [1.82, 2.24) is 5.32 Å². The summed E-state index contributed by atoms with van der Waals surface area (Å²) in [6, 6.07) is -0.624. The van der Waals surface area contributed by atoms with Crippen LogP contribution in [-0.4, -0.2) is 34.9 Å². The number of nitrogens with one attached hydrogen (secondary N) is 1. The van der Waals surface area contributed by atoms with Gasteiger partial charge in [0.1, 0.15) is 0 Å². The highest BCUT2D eigenvalue weighted by Crippen LogP contribution is 2.16. The molecule has 1 amide bonds. The molecule has 2 unspecified atom stereocenters. The molecule has 0 aromatic rings. The predicted molar refractivity (Wildman–Crippen MR) is 230 cm³/mol. The van der Waals surface area contributed by atoms with E-state index < -0.39 is 12.1 Å². The number of carbonyl (C=O) groups excluding carboxylic acids is 1. The Morgan fingerprint density at radius 2 is 0.788 bits per heavy atom. The largest absolute Gasteiger partial charge is 0.394 e. The van der Waals surface area contributed by atoms with Gasteiger partial charge < -0.3 is 15.5 Å². The van der Waals surface area contributed by atoms with Crippen LogP contribution < -0.4 is 5.32 Å². The highest BCUT2D eigenvalue weighted by Gasteiger charge is 2.17. The maximum Gasteiger partial charge on any atom is 0.220 e. The van der Waals surface area contributed by atoms with E-state index in [-0.39, 0.29) is 12.5 Å². The zero-order valence-corrected chi connectivity index (χ0v) is 35.1. The first-order chi connectivity index (χ1) is 25.7. The van der Waals surface area contributed by atoms with Gasteiger partial charge in [-0.2, -0.15) is 0 Å². The minimum absolute atomic E-state index is 0.0673. The van der Waals surface area contributed by atoms with Crippen LogP contribution in [0.3, 0.4) is 0 Å². The Kier molecular flexibility index (Phi) is 42.8. The van der Waals surface area contributed by atoms with Crippen molar-refractivity contribution < 1.29 is 15.0 Å². The molecule has 0 spiro atoms. The van der Waals surface area contributed by atoms with Crippen LogP contribution in [0.5, 0.6) is 0 Å². The smallest absolute Gasteiger partial charge is 0.220 e. The first-order valence-corrected chi connectivity index (χ1v) is 23.2. The van der Waals surface area contributed by atoms with Crippen molar-refractivity contribution in [3.8, 4) is 0 Å². The van der Waals surface area contributed by atoms with E-state index in [4.69, 9.17) is 0 Å². The van der Waals surface area contributed by atoms with E-state index in [1.54, 1.807) is 6.08 Å². The Labute approximate surface area is 325 Å². The summed E-state index contributed by atoms with van der Waals surface area (Å²) in [4.78, 5) is 12.4. The second-order valence-corrected chi connectivity index (χ2v) is 15.8. The van der Waals surface area contributed by atoms with E-state index in [2.05, 4.69) is 43.5 Å². The normalized spacial score (nSPS) is 13.2. The summed E-state index contributed by atoms with van der Waals surface area (Å²) in [7, 11) is 0. The van der Waals surface area contributed by atoms with Crippen LogP contribution in [0.15, 0.2) is 36.5 Å². The zero-order valence-electron chi connectivity index (χ0n) is 35.1. The molecule has 3 N–H and O–H groups in total. The maximum absolute atomic E-state index is 12.4. The number of carbonyl (C=O) groups is 1. The average Bonchev–Trinajstić information content (AvgIpc) is 3.15. The molecule has 0 saturated carbocycles. The first-order valence-electron chi connectivity index (χ1n) is 23.2. The summed E-state index contributed by atoms with van der Waals surface area (Å²) in [5.74, 6) is -0.0673. The van der Waals surface area contributed by atoms with Crippen LogP contribution in [0, 0.1) is 0 Å². The fraction of sp³-hybridized carbons (Fsp3) is 0.854. The van der Waals surface area contributed by atoms with Crippen molar-refractivity contribution in [3.05, 3.63) is 36.5 Å². The van der Waals surface area contributed by atoms with Crippen molar-refractivity contribution in [2.45, 2.75) is 257 Å². The third kappa shape index (κ3) is 39.8. The molecule has 52 heavy (non-hydrogen) atoms. The number of aliphatic hydroxyl groups excluding tert-OH is 2. The minimum atomic E-state index is -0.840. The van der Waals surface area contributed by atoms with Gasteiger partial charge >= 0.3 is 0 Å². The molecule has 0 rings (SSSR count). The lowest BCUT2D eigenvalue weighted by molar-refractivity contribution is -0.123. The molecule has 0 radical (unpaired) electrons. The number of aliphatic hydroxyl groups is 2. The Bertz CT molecular complexity index is 790. The van der Waals surface area contributed by atoms with E-state index in [9.17, 15) is 15.0 Å². The molecule has 0 aromatic heterocycles. The van der Waals surface area contributed by atoms with Gasteiger partial charge in [0.15, 0.2) is 0 Å². The zero-order chi connectivity index (χ0) is 37.8. The van der Waals surface area contributed by atoms with Gasteiger partial charge in [-0.25, -0.2) is 0 Å². The van der Waals surface area contributed by atoms with E-state index in [0.717, 1.165) is 32.1 Å². The van der Waals surface area contributed by atoms with Crippen molar-refractivity contribution in [3.63, 3.8) is 0 Å². The standard InChI is InChI=1S/C48H91NO3/c1-3-5-7-9-11-13-15-17-19-21-23-24-26-27-29-31-33-35-37-39-41-43-47(51)46(45-50)49-48(52)44-42-40-38-36-34-32-30-28-25-22-20-18-16-14-12-10-8-6-4-2/h12,14,18,20,41,43,46-47,50-51H,3-11,13,15-17,19,21-40,42,44-45H2,1-2H3,(H,49,52)/b14-12-,20-18-,43-41+. The third-order valence-electron chi connectivity index (χ3n) is 10.6. The lowest BCUT2D eigenvalue weighted by atomic mass is 10.0. The number of unbranched alkanes of at least 4 members (excludes halogenated alkanes) is 31. The molecule has 4 nitrogen and oxygen atoms in total. The van der Waals surface area contributed by atoms with Gasteiger partial charge in [-0.3, -0.25) is 4.79 Å². The summed E-state index contributed by atoms with van der Waals surface area (Å²) >= 11 is 0. The van der Waals surface area contributed by atoms with Crippen LogP contribution in [0.25, 0.3) is 0 Å². The van der Waals surface area contributed by atoms with Gasteiger partial charge in [0.25, 0.3) is 0 Å². The average molecular weight is 730 g/mol. The molecule has 0 aromatic carbocycles. The van der Waals surface area contributed by atoms with E-state index in [0.29, 0.717) is 6.42 Å². The summed E-state index contributed by atoms with van der Waals surface area (Å²) in [5.41, 5.74) is 0. The van der Waals surface area contributed by atoms with E-state index in [1.807, 2.05) is 6.08 Å². The molecule has 0 heterocycles. The molecule has 0 bridgehead atoms. The molecular weight excluding hydrogens is 639 g/mol. The number of amides is 1. The fourth-order valence-electron chi connectivity index (χ4n) is 7.03. The van der Waals surface area contributed by atoms with Crippen molar-refractivity contribution in [2.24, 2.45) is 0 Å². The van der Waals surface area contributed by atoms with E-state index in [1.165, 1.54) is 193 Å². The van der Waals surface area contributed by atoms with Gasteiger partial charge in [-0.15, -0.1) is 0 Å². The Hall–Kier alpha value is -1.39. The summed E-state index contributed by atoms with van der Waals surface area (Å²) in [6.07, 6.45) is 58.3. The monoisotopic (exact) mass is 730 g/mol. The molecule has 2 atom stereocenters. The molecule has 0 fully saturated rings.